The first kappa shape index (κ1) is 16.9. The van der Waals surface area contributed by atoms with E-state index in [0.717, 1.165) is 4.90 Å². The van der Waals surface area contributed by atoms with Crippen molar-refractivity contribution < 1.29 is 32.3 Å². The molecule has 1 amide bonds. The van der Waals surface area contributed by atoms with Gasteiger partial charge in [-0.15, -0.1) is 0 Å². The maximum Gasteiger partial charge on any atom is 0.416 e. The lowest BCUT2D eigenvalue weighted by atomic mass is 10.1. The van der Waals surface area contributed by atoms with Gasteiger partial charge in [-0.25, -0.2) is 4.39 Å². The molecule has 0 saturated carbocycles. The zero-order chi connectivity index (χ0) is 16.4. The monoisotopic (exact) mass is 307 g/mol. The minimum atomic E-state index is -4.72. The summed E-state index contributed by atoms with van der Waals surface area (Å²) in [5.74, 6) is -3.58. The van der Waals surface area contributed by atoms with E-state index < -0.39 is 47.6 Å². The molecular weight excluding hydrogens is 294 g/mol. The number of hydrogen-bond donors (Lipinski definition) is 1. The largest absolute Gasteiger partial charge is 0.480 e. The van der Waals surface area contributed by atoms with Crippen LogP contribution in [0.15, 0.2) is 18.2 Å². The molecule has 1 aromatic rings. The van der Waals surface area contributed by atoms with Gasteiger partial charge in [0.1, 0.15) is 12.4 Å². The van der Waals surface area contributed by atoms with Crippen LogP contribution in [0.4, 0.5) is 17.6 Å². The summed E-state index contributed by atoms with van der Waals surface area (Å²) < 4.78 is 51.4. The molecule has 0 heterocycles. The average Bonchev–Trinajstić information content (AvgIpc) is 2.33. The van der Waals surface area contributed by atoms with Gasteiger partial charge >= 0.3 is 12.1 Å². The number of carbonyl (C=O) groups excluding carboxylic acids is 1. The Labute approximate surface area is 118 Å². The van der Waals surface area contributed by atoms with Crippen LogP contribution in [-0.2, 0) is 11.0 Å². The number of hydrogen-bond acceptors (Lipinski definition) is 2. The normalized spacial score (nSPS) is 11.6. The molecule has 0 aliphatic carbocycles. The molecule has 8 heteroatoms. The Morgan fingerprint density at radius 1 is 1.29 bits per heavy atom. The maximum atomic E-state index is 13.6. The van der Waals surface area contributed by atoms with Crippen molar-refractivity contribution in [3.8, 4) is 0 Å². The van der Waals surface area contributed by atoms with Gasteiger partial charge in [0.25, 0.3) is 5.91 Å². The predicted molar refractivity (Wildman–Crippen MR) is 65.2 cm³/mol. The lowest BCUT2D eigenvalue weighted by Gasteiger charge is -2.25. The van der Waals surface area contributed by atoms with Gasteiger partial charge in [-0.2, -0.15) is 13.2 Å². The number of amides is 1. The Balaban J connectivity index is 3.24. The molecule has 116 valence electrons. The molecule has 0 bridgehead atoms. The first-order chi connectivity index (χ1) is 9.54. The smallest absolute Gasteiger partial charge is 0.416 e. The van der Waals surface area contributed by atoms with E-state index in [1.165, 1.54) is 13.8 Å². The molecule has 21 heavy (non-hydrogen) atoms. The van der Waals surface area contributed by atoms with Gasteiger partial charge in [-0.3, -0.25) is 9.59 Å². The van der Waals surface area contributed by atoms with E-state index in [-0.39, 0.29) is 0 Å². The highest BCUT2D eigenvalue weighted by Gasteiger charge is 2.33. The number of halogens is 4. The molecule has 0 radical (unpaired) electrons. The highest BCUT2D eigenvalue weighted by atomic mass is 19.4. The fraction of sp³-hybridized carbons (Fsp3) is 0.385. The molecular formula is C13H13F4NO3. The number of carboxylic acids is 1. The molecule has 0 aromatic heterocycles. The van der Waals surface area contributed by atoms with Gasteiger partial charge in [0.15, 0.2) is 0 Å². The van der Waals surface area contributed by atoms with Crippen molar-refractivity contribution >= 4 is 11.9 Å². The first-order valence-corrected chi connectivity index (χ1v) is 5.93. The Bertz CT molecular complexity index is 555. The molecule has 4 nitrogen and oxygen atoms in total. The van der Waals surface area contributed by atoms with Crippen molar-refractivity contribution in [2.45, 2.75) is 26.1 Å². The molecule has 0 aliphatic heterocycles. The molecule has 1 rings (SSSR count). The van der Waals surface area contributed by atoms with Gasteiger partial charge in [-0.1, -0.05) is 0 Å². The van der Waals surface area contributed by atoms with Gasteiger partial charge in [0.2, 0.25) is 0 Å². The van der Waals surface area contributed by atoms with Gasteiger partial charge in [0, 0.05) is 6.04 Å². The van der Waals surface area contributed by atoms with Crippen molar-refractivity contribution in [1.82, 2.24) is 4.90 Å². The van der Waals surface area contributed by atoms with Crippen molar-refractivity contribution in [3.63, 3.8) is 0 Å². The summed E-state index contributed by atoms with van der Waals surface area (Å²) in [5.41, 5.74) is -1.98. The fourth-order valence-corrected chi connectivity index (χ4v) is 1.65. The highest BCUT2D eigenvalue weighted by Crippen LogP contribution is 2.30. The van der Waals surface area contributed by atoms with E-state index in [0.29, 0.717) is 18.2 Å². The van der Waals surface area contributed by atoms with E-state index in [1.54, 1.807) is 0 Å². The summed E-state index contributed by atoms with van der Waals surface area (Å²) in [7, 11) is 0. The third kappa shape index (κ3) is 4.17. The lowest BCUT2D eigenvalue weighted by Crippen LogP contribution is -2.41. The van der Waals surface area contributed by atoms with Crippen molar-refractivity contribution in [3.05, 3.63) is 35.1 Å². The zero-order valence-corrected chi connectivity index (χ0v) is 11.2. The zero-order valence-electron chi connectivity index (χ0n) is 11.2. The molecule has 1 N–H and O–H groups in total. The Kier molecular flexibility index (Phi) is 4.93. The lowest BCUT2D eigenvalue weighted by molar-refractivity contribution is -0.139. The summed E-state index contributed by atoms with van der Waals surface area (Å²) >= 11 is 0. The van der Waals surface area contributed by atoms with E-state index in [9.17, 15) is 27.2 Å². The first-order valence-electron chi connectivity index (χ1n) is 5.93. The van der Waals surface area contributed by atoms with Gasteiger partial charge in [0.05, 0.1) is 11.1 Å². The van der Waals surface area contributed by atoms with Crippen molar-refractivity contribution in [2.75, 3.05) is 6.54 Å². The van der Waals surface area contributed by atoms with E-state index in [2.05, 4.69) is 0 Å². The van der Waals surface area contributed by atoms with Crippen LogP contribution in [0.5, 0.6) is 0 Å². The molecule has 0 fully saturated rings. The molecule has 0 aliphatic rings. The third-order valence-corrected chi connectivity index (χ3v) is 2.71. The Morgan fingerprint density at radius 2 is 1.86 bits per heavy atom. The number of aliphatic carboxylic acids is 1. The van der Waals surface area contributed by atoms with Crippen LogP contribution in [-0.4, -0.2) is 34.5 Å². The second-order valence-corrected chi connectivity index (χ2v) is 4.61. The third-order valence-electron chi connectivity index (χ3n) is 2.71. The van der Waals surface area contributed by atoms with Crippen molar-refractivity contribution in [1.29, 1.82) is 0 Å². The number of benzene rings is 1. The fourth-order valence-electron chi connectivity index (χ4n) is 1.65. The minimum Gasteiger partial charge on any atom is -0.480 e. The maximum absolute atomic E-state index is 13.6. The Hall–Kier alpha value is -2.12. The second-order valence-electron chi connectivity index (χ2n) is 4.61. The minimum absolute atomic E-state index is 0.384. The average molecular weight is 307 g/mol. The predicted octanol–water partition coefficient (Wildman–Crippen LogP) is 2.78. The summed E-state index contributed by atoms with van der Waals surface area (Å²) in [5, 5.41) is 8.71. The second kappa shape index (κ2) is 6.11. The van der Waals surface area contributed by atoms with Crippen LogP contribution < -0.4 is 0 Å². The van der Waals surface area contributed by atoms with E-state index in [1.807, 2.05) is 0 Å². The van der Waals surface area contributed by atoms with Crippen LogP contribution in [0.1, 0.15) is 29.8 Å². The number of rotatable bonds is 4. The molecule has 0 spiro atoms. The summed E-state index contributed by atoms with van der Waals surface area (Å²) in [6, 6.07) is 0.829. The van der Waals surface area contributed by atoms with Gasteiger partial charge < -0.3 is 10.0 Å². The quantitative estimate of drug-likeness (QED) is 0.870. The highest BCUT2D eigenvalue weighted by molar-refractivity contribution is 5.96. The van der Waals surface area contributed by atoms with E-state index in [4.69, 9.17) is 5.11 Å². The number of alkyl halides is 3. The SMILES string of the molecule is CC(C)N(CC(=O)O)C(=O)c1cc(C(F)(F)F)ccc1F. The number of carbonyl (C=O) groups is 2. The Morgan fingerprint density at radius 3 is 2.29 bits per heavy atom. The summed E-state index contributed by atoms with van der Waals surface area (Å²) in [6.45, 7) is 2.23. The molecule has 0 saturated heterocycles. The molecule has 1 aromatic carbocycles. The number of nitrogens with zero attached hydrogens (tertiary/aromatic N) is 1. The molecule has 0 atom stereocenters. The van der Waals surface area contributed by atoms with Crippen LogP contribution in [0.2, 0.25) is 0 Å². The standard InChI is InChI=1S/C13H13F4NO3/c1-7(2)18(6-11(19)20)12(21)9-5-8(13(15,16)17)3-4-10(9)14/h3-5,7H,6H2,1-2H3,(H,19,20). The van der Waals surface area contributed by atoms with Crippen molar-refractivity contribution in [2.24, 2.45) is 0 Å². The van der Waals surface area contributed by atoms with E-state index >= 15 is 0 Å². The van der Waals surface area contributed by atoms with Gasteiger partial charge in [-0.05, 0) is 32.0 Å². The number of carboxylic acid groups (broad SMARTS) is 1. The van der Waals surface area contributed by atoms with Crippen LogP contribution in [0, 0.1) is 5.82 Å². The summed E-state index contributed by atoms with van der Waals surface area (Å²) in [4.78, 5) is 23.5. The van der Waals surface area contributed by atoms with Crippen LogP contribution in [0.25, 0.3) is 0 Å². The van der Waals surface area contributed by atoms with Crippen LogP contribution >= 0.6 is 0 Å². The topological polar surface area (TPSA) is 57.6 Å². The van der Waals surface area contributed by atoms with Crippen LogP contribution in [0.3, 0.4) is 0 Å². The molecule has 0 unspecified atom stereocenters. The summed E-state index contributed by atoms with van der Waals surface area (Å²) in [6.07, 6.45) is -4.72.